The molecule has 1 N–H and O–H groups in total. The third-order valence-electron chi connectivity index (χ3n) is 3.85. The van der Waals surface area contributed by atoms with E-state index in [1.807, 2.05) is 25.1 Å². The van der Waals surface area contributed by atoms with Crippen molar-refractivity contribution in [2.45, 2.75) is 38.0 Å². The molecule has 21 heavy (non-hydrogen) atoms. The Labute approximate surface area is 128 Å². The number of carbonyl (C=O) groups is 2. The standard InChI is InChI=1S/C15H18ClNO4/c1-9(10-5-3-4-6-11(10)16)17(2)14(18)12-7-8-13(21-12)15(19)20/h3-6,9,12-13H,7-8H2,1-2H3,(H,19,20). The van der Waals surface area contributed by atoms with Gasteiger partial charge in [-0.3, -0.25) is 4.79 Å². The van der Waals surface area contributed by atoms with Crippen molar-refractivity contribution in [3.05, 3.63) is 34.9 Å². The van der Waals surface area contributed by atoms with Crippen molar-refractivity contribution < 1.29 is 19.4 Å². The second kappa shape index (κ2) is 6.45. The van der Waals surface area contributed by atoms with Crippen molar-refractivity contribution in [3.8, 4) is 0 Å². The molecule has 6 heteroatoms. The maximum Gasteiger partial charge on any atom is 0.332 e. The predicted molar refractivity (Wildman–Crippen MR) is 78.2 cm³/mol. The number of carbonyl (C=O) groups excluding carboxylic acids is 1. The Bertz CT molecular complexity index is 548. The van der Waals surface area contributed by atoms with Crippen molar-refractivity contribution in [2.75, 3.05) is 7.05 Å². The second-order valence-electron chi connectivity index (χ2n) is 5.18. The van der Waals surface area contributed by atoms with Crippen LogP contribution in [0.4, 0.5) is 0 Å². The highest BCUT2D eigenvalue weighted by molar-refractivity contribution is 6.31. The minimum absolute atomic E-state index is 0.210. The molecule has 114 valence electrons. The van der Waals surface area contributed by atoms with Gasteiger partial charge in [0.2, 0.25) is 0 Å². The molecule has 3 unspecified atom stereocenters. The van der Waals surface area contributed by atoms with Crippen LogP contribution in [0.1, 0.15) is 31.4 Å². The maximum absolute atomic E-state index is 12.4. The number of halogens is 1. The van der Waals surface area contributed by atoms with Crippen LogP contribution in [-0.4, -0.2) is 41.1 Å². The fraction of sp³-hybridized carbons (Fsp3) is 0.467. The van der Waals surface area contributed by atoms with Gasteiger partial charge in [-0.25, -0.2) is 4.79 Å². The first kappa shape index (κ1) is 15.8. The molecule has 5 nitrogen and oxygen atoms in total. The van der Waals surface area contributed by atoms with Crippen molar-refractivity contribution in [2.24, 2.45) is 0 Å². The van der Waals surface area contributed by atoms with Crippen LogP contribution in [0.15, 0.2) is 24.3 Å². The van der Waals surface area contributed by atoms with Gasteiger partial charge in [0, 0.05) is 12.1 Å². The van der Waals surface area contributed by atoms with Gasteiger partial charge < -0.3 is 14.7 Å². The molecular weight excluding hydrogens is 294 g/mol. The van der Waals surface area contributed by atoms with Gasteiger partial charge in [0.1, 0.15) is 6.10 Å². The van der Waals surface area contributed by atoms with Gasteiger partial charge in [0.25, 0.3) is 5.91 Å². The molecule has 1 saturated heterocycles. The lowest BCUT2D eigenvalue weighted by Gasteiger charge is -2.28. The van der Waals surface area contributed by atoms with E-state index in [0.29, 0.717) is 17.9 Å². The SMILES string of the molecule is CC(c1ccccc1Cl)N(C)C(=O)C1CCC(C(=O)O)O1. The van der Waals surface area contributed by atoms with Crippen molar-refractivity contribution >= 4 is 23.5 Å². The number of nitrogens with zero attached hydrogens (tertiary/aromatic N) is 1. The number of likely N-dealkylation sites (N-methyl/N-ethyl adjacent to an activating group) is 1. The fourth-order valence-corrected chi connectivity index (χ4v) is 2.73. The highest BCUT2D eigenvalue weighted by atomic mass is 35.5. The third kappa shape index (κ3) is 3.36. The van der Waals surface area contributed by atoms with Crippen LogP contribution in [0.3, 0.4) is 0 Å². The molecule has 0 spiro atoms. The third-order valence-corrected chi connectivity index (χ3v) is 4.20. The Morgan fingerprint density at radius 3 is 2.52 bits per heavy atom. The molecule has 0 saturated carbocycles. The Morgan fingerprint density at radius 1 is 1.33 bits per heavy atom. The highest BCUT2D eigenvalue weighted by Crippen LogP contribution is 2.29. The van der Waals surface area contributed by atoms with E-state index in [-0.39, 0.29) is 11.9 Å². The Kier molecular flexibility index (Phi) is 4.85. The second-order valence-corrected chi connectivity index (χ2v) is 5.58. The lowest BCUT2D eigenvalue weighted by atomic mass is 10.1. The smallest absolute Gasteiger partial charge is 0.332 e. The summed E-state index contributed by atoms with van der Waals surface area (Å²) in [5.74, 6) is -1.24. The number of amides is 1. The first-order valence-corrected chi connectivity index (χ1v) is 7.19. The summed E-state index contributed by atoms with van der Waals surface area (Å²) in [5, 5.41) is 9.51. The van der Waals surface area contributed by atoms with E-state index in [9.17, 15) is 9.59 Å². The molecule has 1 aromatic carbocycles. The summed E-state index contributed by atoms with van der Waals surface area (Å²) in [7, 11) is 1.67. The molecular formula is C15H18ClNO4. The van der Waals surface area contributed by atoms with Crippen molar-refractivity contribution in [3.63, 3.8) is 0 Å². The monoisotopic (exact) mass is 311 g/mol. The number of rotatable bonds is 4. The largest absolute Gasteiger partial charge is 0.479 e. The van der Waals surface area contributed by atoms with E-state index in [1.54, 1.807) is 18.0 Å². The van der Waals surface area contributed by atoms with Gasteiger partial charge in [0.15, 0.2) is 6.10 Å². The Morgan fingerprint density at radius 2 is 1.95 bits per heavy atom. The lowest BCUT2D eigenvalue weighted by molar-refractivity contribution is -0.155. The van der Waals surface area contributed by atoms with Crippen molar-refractivity contribution in [1.29, 1.82) is 0 Å². The van der Waals surface area contributed by atoms with Gasteiger partial charge in [-0.2, -0.15) is 0 Å². The molecule has 1 aliphatic heterocycles. The zero-order chi connectivity index (χ0) is 15.6. The first-order valence-electron chi connectivity index (χ1n) is 6.81. The minimum atomic E-state index is -1.02. The summed E-state index contributed by atoms with van der Waals surface area (Å²) < 4.78 is 5.30. The number of ether oxygens (including phenoxy) is 1. The number of carboxylic acids is 1. The molecule has 0 aromatic heterocycles. The summed E-state index contributed by atoms with van der Waals surface area (Å²) in [5.41, 5.74) is 0.850. The van der Waals surface area contributed by atoms with Gasteiger partial charge in [0.05, 0.1) is 6.04 Å². The van der Waals surface area contributed by atoms with Crippen LogP contribution >= 0.6 is 11.6 Å². The van der Waals surface area contributed by atoms with Crippen LogP contribution in [0.5, 0.6) is 0 Å². The Balaban J connectivity index is 2.06. The van der Waals surface area contributed by atoms with E-state index in [4.69, 9.17) is 21.4 Å². The van der Waals surface area contributed by atoms with Crippen LogP contribution in [0.2, 0.25) is 5.02 Å². The first-order chi connectivity index (χ1) is 9.91. The maximum atomic E-state index is 12.4. The highest BCUT2D eigenvalue weighted by Gasteiger charge is 2.37. The van der Waals surface area contributed by atoms with E-state index in [0.717, 1.165) is 5.56 Å². The van der Waals surface area contributed by atoms with Gasteiger partial charge in [-0.05, 0) is 31.4 Å². The summed E-state index contributed by atoms with van der Waals surface area (Å²) in [6.07, 6.45) is -0.792. The number of aliphatic carboxylic acids is 1. The molecule has 0 bridgehead atoms. The zero-order valence-electron chi connectivity index (χ0n) is 12.0. The number of hydrogen-bond acceptors (Lipinski definition) is 3. The zero-order valence-corrected chi connectivity index (χ0v) is 12.7. The topological polar surface area (TPSA) is 66.8 Å². The summed E-state index contributed by atoms with van der Waals surface area (Å²) in [6, 6.07) is 7.13. The quantitative estimate of drug-likeness (QED) is 0.927. The molecule has 0 radical (unpaired) electrons. The Hall–Kier alpha value is -1.59. The number of hydrogen-bond donors (Lipinski definition) is 1. The summed E-state index contributed by atoms with van der Waals surface area (Å²) in [6.45, 7) is 1.88. The van der Waals surface area contributed by atoms with Crippen LogP contribution in [0.25, 0.3) is 0 Å². The minimum Gasteiger partial charge on any atom is -0.479 e. The summed E-state index contributed by atoms with van der Waals surface area (Å²) >= 11 is 6.15. The molecule has 3 atom stereocenters. The molecule has 1 aromatic rings. The van der Waals surface area contributed by atoms with Gasteiger partial charge in [-0.1, -0.05) is 29.8 Å². The van der Waals surface area contributed by atoms with Crippen LogP contribution in [0, 0.1) is 0 Å². The number of carboxylic acid groups (broad SMARTS) is 1. The van der Waals surface area contributed by atoms with Crippen molar-refractivity contribution in [1.82, 2.24) is 4.90 Å². The van der Waals surface area contributed by atoms with E-state index in [1.165, 1.54) is 0 Å². The molecule has 0 aliphatic carbocycles. The van der Waals surface area contributed by atoms with Gasteiger partial charge in [-0.15, -0.1) is 0 Å². The molecule has 2 rings (SSSR count). The molecule has 1 heterocycles. The number of benzene rings is 1. The van der Waals surface area contributed by atoms with Crippen LogP contribution in [-0.2, 0) is 14.3 Å². The summed E-state index contributed by atoms with van der Waals surface area (Å²) in [4.78, 5) is 24.8. The predicted octanol–water partition coefficient (Wildman–Crippen LogP) is 2.49. The van der Waals surface area contributed by atoms with Crippen LogP contribution < -0.4 is 0 Å². The lowest BCUT2D eigenvalue weighted by Crippen LogP contribution is -2.38. The molecule has 1 amide bonds. The van der Waals surface area contributed by atoms with E-state index >= 15 is 0 Å². The average Bonchev–Trinajstić information content (AvgIpc) is 2.95. The normalized spacial score (nSPS) is 22.8. The molecule has 1 aliphatic rings. The van der Waals surface area contributed by atoms with E-state index in [2.05, 4.69) is 0 Å². The van der Waals surface area contributed by atoms with E-state index < -0.39 is 18.2 Å². The average molecular weight is 312 g/mol. The molecule has 1 fully saturated rings. The van der Waals surface area contributed by atoms with Gasteiger partial charge >= 0.3 is 5.97 Å². The fourth-order valence-electron chi connectivity index (χ4n) is 2.44.